The highest BCUT2D eigenvalue weighted by Crippen LogP contribution is 2.39. The van der Waals surface area contributed by atoms with Crippen LogP contribution in [0, 0.1) is 11.5 Å². The molecule has 30 heavy (non-hydrogen) atoms. The van der Waals surface area contributed by atoms with Crippen LogP contribution in [0.25, 0.3) is 0 Å². The number of nitrogens with one attached hydrogen (secondary N) is 4. The lowest BCUT2D eigenvalue weighted by Crippen LogP contribution is -2.49. The van der Waals surface area contributed by atoms with Gasteiger partial charge in [-0.15, -0.1) is 0 Å². The van der Waals surface area contributed by atoms with Gasteiger partial charge in [0.1, 0.15) is 0 Å². The van der Waals surface area contributed by atoms with Gasteiger partial charge >= 0.3 is 0 Å². The minimum absolute atomic E-state index is 0.177. The summed E-state index contributed by atoms with van der Waals surface area (Å²) in [6.07, 6.45) is 6.85. The predicted octanol–water partition coefficient (Wildman–Crippen LogP) is 1.63. The molecule has 4 N–H and O–H groups in total. The number of carbonyl (C=O) groups excluding carboxylic acids is 1. The molecule has 8 nitrogen and oxygen atoms in total. The summed E-state index contributed by atoms with van der Waals surface area (Å²) in [5.74, 6) is 0.265. The number of carbonyl (C=O) groups is 1. The zero-order valence-electron chi connectivity index (χ0n) is 16.9. The zero-order chi connectivity index (χ0) is 21.4. The van der Waals surface area contributed by atoms with Gasteiger partial charge < -0.3 is 15.6 Å². The summed E-state index contributed by atoms with van der Waals surface area (Å²) in [6.45, 7) is 0.507. The Balaban J connectivity index is 1.71. The number of pyridine rings is 1. The number of benzene rings is 1. The first-order chi connectivity index (χ1) is 14.6. The Bertz CT molecular complexity index is 964. The molecule has 0 atom stereocenters. The molecule has 0 spiro atoms. The van der Waals surface area contributed by atoms with Crippen LogP contribution in [0.5, 0.6) is 0 Å². The Hall–Kier alpha value is -3.60. The highest BCUT2D eigenvalue weighted by Gasteiger charge is 2.37. The molecule has 3 rings (SSSR count). The Morgan fingerprint density at radius 3 is 2.57 bits per heavy atom. The highest BCUT2D eigenvalue weighted by atomic mass is 16.1. The van der Waals surface area contributed by atoms with Gasteiger partial charge in [0.2, 0.25) is 11.5 Å². The largest absolute Gasteiger partial charge is 0.353 e. The molecule has 156 valence electrons. The molecule has 0 aliphatic heterocycles. The van der Waals surface area contributed by atoms with Crippen molar-refractivity contribution < 1.29 is 4.79 Å². The summed E-state index contributed by atoms with van der Waals surface area (Å²) in [5.41, 5.74) is 1.21. The third-order valence-corrected chi connectivity index (χ3v) is 5.70. The second kappa shape index (κ2) is 9.74. The van der Waals surface area contributed by atoms with Crippen molar-refractivity contribution in [3.63, 3.8) is 0 Å². The van der Waals surface area contributed by atoms with Gasteiger partial charge in [-0.3, -0.25) is 19.9 Å². The molecule has 1 aliphatic carbocycles. The number of aromatic amines is 1. The molecule has 0 bridgehead atoms. The molecule has 0 radical (unpaired) electrons. The average molecular weight is 406 g/mol. The summed E-state index contributed by atoms with van der Waals surface area (Å²) >= 11 is 0. The van der Waals surface area contributed by atoms with Crippen molar-refractivity contribution in [1.29, 1.82) is 5.26 Å². The van der Waals surface area contributed by atoms with Crippen LogP contribution in [-0.4, -0.2) is 36.5 Å². The van der Waals surface area contributed by atoms with E-state index in [1.807, 2.05) is 24.4 Å². The normalized spacial score (nSPS) is 21.3. The summed E-state index contributed by atoms with van der Waals surface area (Å²) in [6, 6.07) is 13.3. The van der Waals surface area contributed by atoms with Crippen LogP contribution in [0.15, 0.2) is 58.4 Å². The molecule has 0 saturated heterocycles. The third kappa shape index (κ3) is 5.06. The van der Waals surface area contributed by atoms with Crippen LogP contribution < -0.4 is 21.5 Å². The second-order valence-electron chi connectivity index (χ2n) is 7.50. The standard InChI is InChI=1S/C22H26N6O2/c1-24-21(27-15-23)28-18-9-11-22(12-10-18,17-5-3-2-4-6-17)14-26-20(30)16-7-8-19(29)25-13-16/h2-8,13,18H,9-12,14H2,1H3,(H,25,29)(H,26,30)(H2,24,27,28). The molecular formula is C22H26N6O2. The van der Waals surface area contributed by atoms with Crippen molar-refractivity contribution in [1.82, 2.24) is 20.9 Å². The van der Waals surface area contributed by atoms with E-state index in [1.165, 1.54) is 23.9 Å². The second-order valence-corrected chi connectivity index (χ2v) is 7.50. The molecule has 1 fully saturated rings. The number of hydrogen-bond donors (Lipinski definition) is 4. The molecule has 1 aromatic carbocycles. The van der Waals surface area contributed by atoms with Crippen molar-refractivity contribution in [3.8, 4) is 6.19 Å². The van der Waals surface area contributed by atoms with Crippen LogP contribution in [0.1, 0.15) is 41.6 Å². The van der Waals surface area contributed by atoms with Gasteiger partial charge in [-0.2, -0.15) is 5.26 Å². The Labute approximate surface area is 175 Å². The number of nitrogens with zero attached hydrogens (tertiary/aromatic N) is 2. The minimum Gasteiger partial charge on any atom is -0.353 e. The van der Waals surface area contributed by atoms with Crippen LogP contribution >= 0.6 is 0 Å². The lowest BCUT2D eigenvalue weighted by atomic mass is 9.68. The maximum absolute atomic E-state index is 12.6. The highest BCUT2D eigenvalue weighted by molar-refractivity contribution is 5.93. The Morgan fingerprint density at radius 2 is 1.97 bits per heavy atom. The van der Waals surface area contributed by atoms with E-state index in [2.05, 4.69) is 38.1 Å². The molecule has 2 aromatic rings. The van der Waals surface area contributed by atoms with E-state index in [-0.39, 0.29) is 22.9 Å². The van der Waals surface area contributed by atoms with Crippen LogP contribution in [0.2, 0.25) is 0 Å². The van der Waals surface area contributed by atoms with E-state index in [0.29, 0.717) is 18.1 Å². The maximum atomic E-state index is 12.6. The van der Waals surface area contributed by atoms with E-state index in [1.54, 1.807) is 7.05 Å². The molecular weight excluding hydrogens is 380 g/mol. The average Bonchev–Trinajstić information content (AvgIpc) is 2.79. The molecule has 1 aromatic heterocycles. The topological polar surface area (TPSA) is 122 Å². The fourth-order valence-electron chi connectivity index (χ4n) is 3.98. The minimum atomic E-state index is -0.237. The first kappa shape index (κ1) is 21.1. The van der Waals surface area contributed by atoms with Crippen molar-refractivity contribution in [3.05, 3.63) is 70.1 Å². The fraction of sp³-hybridized carbons (Fsp3) is 0.364. The van der Waals surface area contributed by atoms with E-state index >= 15 is 0 Å². The van der Waals surface area contributed by atoms with Crippen LogP contribution in [0.4, 0.5) is 0 Å². The number of guanidine groups is 1. The van der Waals surface area contributed by atoms with Gasteiger partial charge in [0.05, 0.1) is 5.56 Å². The molecule has 1 saturated carbocycles. The van der Waals surface area contributed by atoms with E-state index < -0.39 is 0 Å². The zero-order valence-corrected chi connectivity index (χ0v) is 16.9. The first-order valence-electron chi connectivity index (χ1n) is 9.97. The molecule has 1 aliphatic rings. The van der Waals surface area contributed by atoms with E-state index in [9.17, 15) is 9.59 Å². The van der Waals surface area contributed by atoms with Crippen molar-refractivity contribution in [2.45, 2.75) is 37.1 Å². The summed E-state index contributed by atoms with van der Waals surface area (Å²) in [7, 11) is 1.64. The van der Waals surface area contributed by atoms with Crippen LogP contribution in [-0.2, 0) is 5.41 Å². The Kier molecular flexibility index (Phi) is 6.86. The monoisotopic (exact) mass is 406 g/mol. The van der Waals surface area contributed by atoms with Crippen molar-refractivity contribution in [2.24, 2.45) is 4.99 Å². The quantitative estimate of drug-likeness (QED) is 0.260. The first-order valence-corrected chi connectivity index (χ1v) is 9.97. The molecule has 1 heterocycles. The lowest BCUT2D eigenvalue weighted by Gasteiger charge is -2.41. The molecule has 0 unspecified atom stereocenters. The summed E-state index contributed by atoms with van der Waals surface area (Å²) < 4.78 is 0. The number of nitriles is 1. The number of H-pyrrole nitrogens is 1. The third-order valence-electron chi connectivity index (χ3n) is 5.70. The predicted molar refractivity (Wildman–Crippen MR) is 115 cm³/mol. The number of rotatable bonds is 5. The summed E-state index contributed by atoms with van der Waals surface area (Å²) in [5, 5.41) is 17.7. The molecule has 1 amide bonds. The van der Waals surface area contributed by atoms with Gasteiger partial charge in [0.15, 0.2) is 6.19 Å². The smallest absolute Gasteiger partial charge is 0.252 e. The lowest BCUT2D eigenvalue weighted by molar-refractivity contribution is 0.0934. The molecule has 8 heteroatoms. The van der Waals surface area contributed by atoms with Crippen molar-refractivity contribution in [2.75, 3.05) is 13.6 Å². The number of aromatic nitrogens is 1. The van der Waals surface area contributed by atoms with Gasteiger partial charge in [0.25, 0.3) is 5.91 Å². The van der Waals surface area contributed by atoms with Gasteiger partial charge in [-0.25, -0.2) is 0 Å². The SMILES string of the molecule is CN=C(NC#N)NC1CCC(CNC(=O)c2ccc(=O)[nH]c2)(c2ccccc2)CC1. The number of hydrogen-bond acceptors (Lipinski definition) is 4. The Morgan fingerprint density at radius 1 is 1.23 bits per heavy atom. The van der Waals surface area contributed by atoms with E-state index in [4.69, 9.17) is 5.26 Å². The summed E-state index contributed by atoms with van der Waals surface area (Å²) in [4.78, 5) is 30.4. The number of aliphatic imine (C=N–C) groups is 1. The van der Waals surface area contributed by atoms with Gasteiger partial charge in [0, 0.05) is 37.3 Å². The van der Waals surface area contributed by atoms with Crippen LogP contribution in [0.3, 0.4) is 0 Å². The van der Waals surface area contributed by atoms with Crippen molar-refractivity contribution >= 4 is 11.9 Å². The van der Waals surface area contributed by atoms with Gasteiger partial charge in [-0.05, 0) is 37.3 Å². The van der Waals surface area contributed by atoms with E-state index in [0.717, 1.165) is 25.7 Å². The maximum Gasteiger partial charge on any atom is 0.252 e. The fourth-order valence-corrected chi connectivity index (χ4v) is 3.98. The number of amides is 1. The van der Waals surface area contributed by atoms with Gasteiger partial charge in [-0.1, -0.05) is 30.3 Å².